The van der Waals surface area contributed by atoms with E-state index in [-0.39, 0.29) is 5.75 Å². The summed E-state index contributed by atoms with van der Waals surface area (Å²) in [6.07, 6.45) is 3.81. The van der Waals surface area contributed by atoms with Crippen LogP contribution in [0, 0.1) is 0 Å². The number of aromatic hydroxyl groups is 1. The smallest absolute Gasteiger partial charge is 0.165 e. The highest BCUT2D eigenvalue weighted by Crippen LogP contribution is 2.44. The average molecular weight is 254 g/mol. The maximum absolute atomic E-state index is 10.3. The lowest BCUT2D eigenvalue weighted by Gasteiger charge is -2.28. The second kappa shape index (κ2) is 4.96. The second-order valence-electron chi connectivity index (χ2n) is 5.07. The van der Waals surface area contributed by atoms with Crippen LogP contribution in [0.1, 0.15) is 30.7 Å². The first kappa shape index (κ1) is 12.1. The van der Waals surface area contributed by atoms with Crippen LogP contribution in [0.15, 0.2) is 42.5 Å². The summed E-state index contributed by atoms with van der Waals surface area (Å²) in [6, 6.07) is 14.0. The van der Waals surface area contributed by atoms with Crippen molar-refractivity contribution in [1.82, 2.24) is 0 Å². The van der Waals surface area contributed by atoms with Crippen LogP contribution in [0.4, 0.5) is 0 Å². The van der Waals surface area contributed by atoms with Gasteiger partial charge in [0.15, 0.2) is 11.5 Å². The lowest BCUT2D eigenvalue weighted by Crippen LogP contribution is -2.09. The van der Waals surface area contributed by atoms with Gasteiger partial charge in [0.2, 0.25) is 0 Å². The summed E-state index contributed by atoms with van der Waals surface area (Å²) in [6.45, 7) is 0. The van der Waals surface area contributed by atoms with Gasteiger partial charge in [0.05, 0.1) is 7.11 Å². The highest BCUT2D eigenvalue weighted by molar-refractivity contribution is 5.76. The minimum absolute atomic E-state index is 0.233. The number of phenols is 1. The van der Waals surface area contributed by atoms with Crippen molar-refractivity contribution in [2.45, 2.75) is 25.2 Å². The Balaban J connectivity index is 2.11. The summed E-state index contributed by atoms with van der Waals surface area (Å²) in [4.78, 5) is 0. The van der Waals surface area contributed by atoms with Crippen LogP contribution >= 0.6 is 0 Å². The topological polar surface area (TPSA) is 29.5 Å². The molecule has 98 valence electrons. The zero-order valence-corrected chi connectivity index (χ0v) is 11.1. The monoisotopic (exact) mass is 254 g/mol. The average Bonchev–Trinajstić information content (AvgIpc) is 2.38. The molecule has 0 atom stereocenters. The molecule has 0 amide bonds. The molecule has 0 unspecified atom stereocenters. The molecule has 2 heteroatoms. The minimum Gasteiger partial charge on any atom is -0.504 e. The number of benzene rings is 2. The van der Waals surface area contributed by atoms with Crippen LogP contribution in [0.5, 0.6) is 11.5 Å². The third kappa shape index (κ3) is 2.07. The number of para-hydroxylation sites is 1. The third-order valence-electron chi connectivity index (χ3n) is 4.01. The molecule has 1 aliphatic rings. The van der Waals surface area contributed by atoms with Gasteiger partial charge in [-0.1, -0.05) is 42.8 Å². The highest BCUT2D eigenvalue weighted by atomic mass is 16.5. The first-order chi connectivity index (χ1) is 9.31. The van der Waals surface area contributed by atoms with E-state index in [1.54, 1.807) is 13.2 Å². The quantitative estimate of drug-likeness (QED) is 0.883. The zero-order chi connectivity index (χ0) is 13.2. The Labute approximate surface area is 113 Å². The van der Waals surface area contributed by atoms with Gasteiger partial charge in [0, 0.05) is 5.56 Å². The van der Waals surface area contributed by atoms with Crippen molar-refractivity contribution in [3.8, 4) is 22.6 Å². The number of methoxy groups -OCH3 is 1. The van der Waals surface area contributed by atoms with E-state index in [4.69, 9.17) is 4.74 Å². The van der Waals surface area contributed by atoms with Gasteiger partial charge in [-0.2, -0.15) is 0 Å². The van der Waals surface area contributed by atoms with E-state index in [1.807, 2.05) is 18.2 Å². The summed E-state index contributed by atoms with van der Waals surface area (Å²) in [5.74, 6) is 1.40. The van der Waals surface area contributed by atoms with Crippen LogP contribution in [-0.2, 0) is 0 Å². The lowest BCUT2D eigenvalue weighted by molar-refractivity contribution is 0.374. The van der Waals surface area contributed by atoms with Gasteiger partial charge in [-0.15, -0.1) is 0 Å². The fourth-order valence-corrected chi connectivity index (χ4v) is 2.72. The molecule has 0 heterocycles. The van der Waals surface area contributed by atoms with E-state index >= 15 is 0 Å². The predicted octanol–water partition coefficient (Wildman–Crippen LogP) is 4.34. The standard InChI is InChI=1S/C17H18O2/c1-19-16-11-5-10-15(17(16)18)14-9-3-2-8-13(14)12-6-4-7-12/h2-3,5,8-12,18H,4,6-7H2,1H3. The molecule has 3 rings (SSSR count). The van der Waals surface area contributed by atoms with E-state index < -0.39 is 0 Å². The van der Waals surface area contributed by atoms with E-state index in [0.29, 0.717) is 11.7 Å². The maximum Gasteiger partial charge on any atom is 0.165 e. The van der Waals surface area contributed by atoms with Crippen molar-refractivity contribution in [2.75, 3.05) is 7.11 Å². The minimum atomic E-state index is 0.233. The van der Waals surface area contributed by atoms with E-state index in [1.165, 1.54) is 24.8 Å². The molecule has 1 aliphatic carbocycles. The van der Waals surface area contributed by atoms with Gasteiger partial charge in [-0.25, -0.2) is 0 Å². The van der Waals surface area contributed by atoms with Crippen LogP contribution in [0.3, 0.4) is 0 Å². The number of hydrogen-bond acceptors (Lipinski definition) is 2. The number of ether oxygens (including phenoxy) is 1. The molecule has 2 nitrogen and oxygen atoms in total. The Kier molecular flexibility index (Phi) is 3.16. The van der Waals surface area contributed by atoms with E-state index in [2.05, 4.69) is 18.2 Å². The Morgan fingerprint density at radius 2 is 1.74 bits per heavy atom. The normalized spacial score (nSPS) is 15.0. The van der Waals surface area contributed by atoms with Crippen molar-refractivity contribution in [2.24, 2.45) is 0 Å². The van der Waals surface area contributed by atoms with E-state index in [0.717, 1.165) is 11.1 Å². The Morgan fingerprint density at radius 1 is 1.00 bits per heavy atom. The molecule has 0 saturated heterocycles. The Bertz CT molecular complexity index is 586. The fraction of sp³-hybridized carbons (Fsp3) is 0.294. The molecular formula is C17H18O2. The van der Waals surface area contributed by atoms with Gasteiger partial charge >= 0.3 is 0 Å². The van der Waals surface area contributed by atoms with Gasteiger partial charge in [-0.3, -0.25) is 0 Å². The molecule has 1 fully saturated rings. The van der Waals surface area contributed by atoms with Gasteiger partial charge in [-0.05, 0) is 36.0 Å². The highest BCUT2D eigenvalue weighted by Gasteiger charge is 2.23. The number of hydrogen-bond donors (Lipinski definition) is 1. The third-order valence-corrected chi connectivity index (χ3v) is 4.01. The molecule has 2 aromatic rings. The SMILES string of the molecule is COc1cccc(-c2ccccc2C2CCC2)c1O. The van der Waals surface area contributed by atoms with Crippen LogP contribution in [0.25, 0.3) is 11.1 Å². The van der Waals surface area contributed by atoms with Crippen molar-refractivity contribution < 1.29 is 9.84 Å². The molecule has 2 aromatic carbocycles. The van der Waals surface area contributed by atoms with Crippen molar-refractivity contribution in [3.05, 3.63) is 48.0 Å². The molecule has 0 bridgehead atoms. The van der Waals surface area contributed by atoms with Crippen LogP contribution in [-0.4, -0.2) is 12.2 Å². The Hall–Kier alpha value is -1.96. The molecule has 0 aromatic heterocycles. The molecule has 19 heavy (non-hydrogen) atoms. The van der Waals surface area contributed by atoms with Crippen LogP contribution < -0.4 is 4.74 Å². The summed E-state index contributed by atoms with van der Waals surface area (Å²) in [7, 11) is 1.58. The lowest BCUT2D eigenvalue weighted by atomic mass is 9.77. The number of phenolic OH excluding ortho intramolecular Hbond substituents is 1. The second-order valence-corrected chi connectivity index (χ2v) is 5.07. The molecule has 0 aliphatic heterocycles. The summed E-state index contributed by atoms with van der Waals surface area (Å²) >= 11 is 0. The zero-order valence-electron chi connectivity index (χ0n) is 11.1. The van der Waals surface area contributed by atoms with Crippen molar-refractivity contribution >= 4 is 0 Å². The van der Waals surface area contributed by atoms with E-state index in [9.17, 15) is 5.11 Å². The van der Waals surface area contributed by atoms with Crippen LogP contribution in [0.2, 0.25) is 0 Å². The van der Waals surface area contributed by atoms with Crippen molar-refractivity contribution in [1.29, 1.82) is 0 Å². The first-order valence-electron chi connectivity index (χ1n) is 6.76. The summed E-state index contributed by atoms with van der Waals surface area (Å²) in [5, 5.41) is 10.3. The molecular weight excluding hydrogens is 236 g/mol. The molecule has 1 saturated carbocycles. The predicted molar refractivity (Wildman–Crippen MR) is 76.7 cm³/mol. The summed E-state index contributed by atoms with van der Waals surface area (Å²) in [5.41, 5.74) is 3.34. The largest absolute Gasteiger partial charge is 0.504 e. The molecule has 0 spiro atoms. The molecule has 1 N–H and O–H groups in total. The van der Waals surface area contributed by atoms with Gasteiger partial charge in [0.25, 0.3) is 0 Å². The fourth-order valence-electron chi connectivity index (χ4n) is 2.72. The first-order valence-corrected chi connectivity index (χ1v) is 6.76. The van der Waals surface area contributed by atoms with Gasteiger partial charge < -0.3 is 9.84 Å². The maximum atomic E-state index is 10.3. The Morgan fingerprint density at radius 3 is 2.42 bits per heavy atom. The molecule has 0 radical (unpaired) electrons. The summed E-state index contributed by atoms with van der Waals surface area (Å²) < 4.78 is 5.20. The van der Waals surface area contributed by atoms with Gasteiger partial charge in [0.1, 0.15) is 0 Å². The number of rotatable bonds is 3. The van der Waals surface area contributed by atoms with Crippen molar-refractivity contribution in [3.63, 3.8) is 0 Å².